The van der Waals surface area contributed by atoms with E-state index in [0.717, 1.165) is 37.6 Å². The number of nitrogens with zero attached hydrogens (tertiary/aromatic N) is 2. The smallest absolute Gasteiger partial charge is 0.128 e. The van der Waals surface area contributed by atoms with Crippen LogP contribution in [0.25, 0.3) is 0 Å². The van der Waals surface area contributed by atoms with Gasteiger partial charge in [0, 0.05) is 38.0 Å². The average Bonchev–Trinajstić information content (AvgIpc) is 2.45. The monoisotopic (exact) mass is 291 g/mol. The van der Waals surface area contributed by atoms with Crippen molar-refractivity contribution in [2.24, 2.45) is 0 Å². The summed E-state index contributed by atoms with van der Waals surface area (Å²) >= 11 is 0. The molecule has 2 heterocycles. The van der Waals surface area contributed by atoms with Crippen LogP contribution < -0.4 is 10.2 Å². The molecule has 2 rings (SSSR count). The number of aryl methyl sites for hydroxylation is 1. The summed E-state index contributed by atoms with van der Waals surface area (Å²) in [7, 11) is 1.80. The molecule has 118 valence electrons. The van der Waals surface area contributed by atoms with Gasteiger partial charge in [0.1, 0.15) is 5.82 Å². The summed E-state index contributed by atoms with van der Waals surface area (Å²) in [5.41, 5.74) is 2.52. The molecule has 1 fully saturated rings. The van der Waals surface area contributed by atoms with E-state index in [1.165, 1.54) is 12.0 Å². The molecule has 0 amide bonds. The first-order valence-corrected chi connectivity index (χ1v) is 7.88. The molecule has 1 saturated heterocycles. The fourth-order valence-corrected chi connectivity index (χ4v) is 2.64. The van der Waals surface area contributed by atoms with E-state index in [1.807, 2.05) is 0 Å². The molecule has 0 saturated carbocycles. The fraction of sp³-hybridized carbons (Fsp3) is 0.706. The number of hydrogen-bond donors (Lipinski definition) is 1. The molecular weight excluding hydrogens is 262 g/mol. The predicted octanol–water partition coefficient (Wildman–Crippen LogP) is 2.89. The van der Waals surface area contributed by atoms with Crippen LogP contribution in [0.5, 0.6) is 0 Å². The van der Waals surface area contributed by atoms with Crippen LogP contribution >= 0.6 is 0 Å². The molecular formula is C17H29N3O. The zero-order valence-electron chi connectivity index (χ0n) is 14.1. The number of aromatic nitrogens is 1. The van der Waals surface area contributed by atoms with Gasteiger partial charge in [-0.25, -0.2) is 4.98 Å². The molecule has 1 N–H and O–H groups in total. The number of piperidine rings is 1. The molecule has 4 heteroatoms. The Morgan fingerprint density at radius 3 is 2.76 bits per heavy atom. The Kier molecular flexibility index (Phi) is 5.22. The highest BCUT2D eigenvalue weighted by Crippen LogP contribution is 2.21. The van der Waals surface area contributed by atoms with Crippen LogP contribution in [0.15, 0.2) is 12.1 Å². The third-order valence-corrected chi connectivity index (χ3v) is 4.03. The van der Waals surface area contributed by atoms with Gasteiger partial charge in [0.2, 0.25) is 0 Å². The summed E-state index contributed by atoms with van der Waals surface area (Å²) in [5, 5.41) is 3.52. The predicted molar refractivity (Wildman–Crippen MR) is 87.8 cm³/mol. The van der Waals surface area contributed by atoms with Crippen LogP contribution in [0.3, 0.4) is 0 Å². The number of anilines is 1. The largest absolute Gasteiger partial charge is 0.380 e. The van der Waals surface area contributed by atoms with Crippen molar-refractivity contribution in [1.82, 2.24) is 10.3 Å². The van der Waals surface area contributed by atoms with Crippen molar-refractivity contribution in [1.29, 1.82) is 0 Å². The lowest BCUT2D eigenvalue weighted by Crippen LogP contribution is -2.39. The van der Waals surface area contributed by atoms with Crippen LogP contribution in [0.2, 0.25) is 0 Å². The van der Waals surface area contributed by atoms with E-state index in [0.29, 0.717) is 6.10 Å². The molecule has 0 spiro atoms. The number of pyridine rings is 1. The van der Waals surface area contributed by atoms with Crippen molar-refractivity contribution in [3.63, 3.8) is 0 Å². The maximum atomic E-state index is 5.49. The molecule has 1 aromatic heterocycles. The molecule has 1 aliphatic rings. The lowest BCUT2D eigenvalue weighted by Gasteiger charge is -2.33. The van der Waals surface area contributed by atoms with Crippen LogP contribution in [-0.4, -0.2) is 36.8 Å². The SMILES string of the molecule is COC1CCCN(c2ccc(CNC(C)(C)C)c(C)n2)C1. The van der Waals surface area contributed by atoms with E-state index in [2.05, 4.69) is 50.0 Å². The Morgan fingerprint density at radius 1 is 1.38 bits per heavy atom. The van der Waals surface area contributed by atoms with E-state index >= 15 is 0 Å². The van der Waals surface area contributed by atoms with Crippen molar-refractivity contribution < 1.29 is 4.74 Å². The summed E-state index contributed by atoms with van der Waals surface area (Å²) in [4.78, 5) is 7.14. The van der Waals surface area contributed by atoms with Gasteiger partial charge in [0.25, 0.3) is 0 Å². The topological polar surface area (TPSA) is 37.4 Å². The van der Waals surface area contributed by atoms with Gasteiger partial charge in [-0.2, -0.15) is 0 Å². The summed E-state index contributed by atoms with van der Waals surface area (Å²) in [6.07, 6.45) is 2.66. The van der Waals surface area contributed by atoms with Gasteiger partial charge < -0.3 is 15.0 Å². The van der Waals surface area contributed by atoms with Crippen molar-refractivity contribution >= 4 is 5.82 Å². The molecule has 1 atom stereocenters. The van der Waals surface area contributed by atoms with Gasteiger partial charge in [-0.1, -0.05) is 6.07 Å². The van der Waals surface area contributed by atoms with Gasteiger partial charge in [-0.15, -0.1) is 0 Å². The quantitative estimate of drug-likeness (QED) is 0.925. The number of rotatable bonds is 4. The second-order valence-corrected chi connectivity index (χ2v) is 6.96. The van der Waals surface area contributed by atoms with E-state index in [-0.39, 0.29) is 5.54 Å². The zero-order valence-corrected chi connectivity index (χ0v) is 14.1. The number of hydrogen-bond acceptors (Lipinski definition) is 4. The maximum Gasteiger partial charge on any atom is 0.128 e. The Morgan fingerprint density at radius 2 is 2.14 bits per heavy atom. The third kappa shape index (κ3) is 4.68. The number of nitrogens with one attached hydrogen (secondary N) is 1. The second-order valence-electron chi connectivity index (χ2n) is 6.96. The Hall–Kier alpha value is -1.13. The van der Waals surface area contributed by atoms with E-state index < -0.39 is 0 Å². The minimum atomic E-state index is 0.129. The van der Waals surface area contributed by atoms with E-state index in [4.69, 9.17) is 9.72 Å². The molecule has 0 aromatic carbocycles. The number of methoxy groups -OCH3 is 1. The van der Waals surface area contributed by atoms with Gasteiger partial charge in [0.15, 0.2) is 0 Å². The van der Waals surface area contributed by atoms with Crippen LogP contribution in [0, 0.1) is 6.92 Å². The summed E-state index contributed by atoms with van der Waals surface area (Å²) in [5.74, 6) is 1.08. The van der Waals surface area contributed by atoms with Gasteiger partial charge >= 0.3 is 0 Å². The average molecular weight is 291 g/mol. The highest BCUT2D eigenvalue weighted by atomic mass is 16.5. The standard InChI is InChI=1S/C17H29N3O/c1-13-14(11-18-17(2,3)4)8-9-16(19-13)20-10-6-7-15(12-20)21-5/h8-9,15,18H,6-7,10-12H2,1-5H3. The molecule has 1 unspecified atom stereocenters. The Balaban J connectivity index is 2.04. The molecule has 0 aliphatic carbocycles. The van der Waals surface area contributed by atoms with Crippen molar-refractivity contribution in [2.45, 2.75) is 58.7 Å². The normalized spacial score (nSPS) is 19.9. The molecule has 0 radical (unpaired) electrons. The molecule has 1 aromatic rings. The summed E-state index contributed by atoms with van der Waals surface area (Å²) < 4.78 is 5.49. The fourth-order valence-electron chi connectivity index (χ4n) is 2.64. The van der Waals surface area contributed by atoms with Crippen LogP contribution in [0.1, 0.15) is 44.9 Å². The number of ether oxygens (including phenoxy) is 1. The van der Waals surface area contributed by atoms with Crippen LogP contribution in [-0.2, 0) is 11.3 Å². The van der Waals surface area contributed by atoms with Crippen LogP contribution in [0.4, 0.5) is 5.82 Å². The molecule has 21 heavy (non-hydrogen) atoms. The van der Waals surface area contributed by atoms with E-state index in [1.54, 1.807) is 7.11 Å². The highest BCUT2D eigenvalue weighted by Gasteiger charge is 2.21. The Labute approximate surface area is 128 Å². The second kappa shape index (κ2) is 6.75. The lowest BCUT2D eigenvalue weighted by molar-refractivity contribution is 0.0891. The first-order valence-electron chi connectivity index (χ1n) is 7.88. The lowest BCUT2D eigenvalue weighted by atomic mass is 10.1. The zero-order chi connectivity index (χ0) is 15.5. The van der Waals surface area contributed by atoms with Gasteiger partial charge in [-0.05, 0) is 52.2 Å². The molecule has 0 bridgehead atoms. The first-order chi connectivity index (χ1) is 9.89. The van der Waals surface area contributed by atoms with Crippen molar-refractivity contribution in [2.75, 3.05) is 25.1 Å². The summed E-state index contributed by atoms with van der Waals surface area (Å²) in [6, 6.07) is 4.34. The van der Waals surface area contributed by atoms with Gasteiger partial charge in [-0.3, -0.25) is 0 Å². The molecule has 1 aliphatic heterocycles. The Bertz CT molecular complexity index is 468. The minimum absolute atomic E-state index is 0.129. The van der Waals surface area contributed by atoms with Crippen molar-refractivity contribution in [3.8, 4) is 0 Å². The van der Waals surface area contributed by atoms with E-state index in [9.17, 15) is 0 Å². The summed E-state index contributed by atoms with van der Waals surface area (Å²) in [6.45, 7) is 11.5. The van der Waals surface area contributed by atoms with Gasteiger partial charge in [0.05, 0.1) is 6.10 Å². The van der Waals surface area contributed by atoms with Crippen molar-refractivity contribution in [3.05, 3.63) is 23.4 Å². The molecule has 4 nitrogen and oxygen atoms in total. The minimum Gasteiger partial charge on any atom is -0.380 e. The maximum absolute atomic E-state index is 5.49. The first kappa shape index (κ1) is 16.2. The highest BCUT2D eigenvalue weighted by molar-refractivity contribution is 5.42. The third-order valence-electron chi connectivity index (χ3n) is 4.03.